The van der Waals surface area contributed by atoms with Crippen LogP contribution in [0.25, 0.3) is 32.3 Å². The molecule has 5 aromatic carbocycles. The average Bonchev–Trinajstić information content (AvgIpc) is 2.86. The summed E-state index contributed by atoms with van der Waals surface area (Å²) in [6.07, 6.45) is 0. The lowest BCUT2D eigenvalue weighted by molar-refractivity contribution is 0.451. The van der Waals surface area contributed by atoms with E-state index in [0.717, 1.165) is 22.8 Å². The van der Waals surface area contributed by atoms with E-state index < -0.39 is 0 Å². The van der Waals surface area contributed by atoms with Crippen LogP contribution in [-0.4, -0.2) is 20.2 Å². The number of hydrogen-bond acceptors (Lipinski definition) is 4. The highest BCUT2D eigenvalue weighted by molar-refractivity contribution is 6.33. The number of phenols is 2. The maximum absolute atomic E-state index is 8.81. The highest BCUT2D eigenvalue weighted by Gasteiger charge is 2.06. The van der Waals surface area contributed by atoms with Crippen molar-refractivity contribution in [3.8, 4) is 11.5 Å². The molecule has 6 aromatic rings. The molecule has 0 amide bonds. The van der Waals surface area contributed by atoms with Crippen molar-refractivity contribution in [3.05, 3.63) is 107 Å². The molecule has 176 valence electrons. The largest absolute Gasteiger partial charge is 0.506 e. The topological polar surface area (TPSA) is 66.2 Å². The van der Waals surface area contributed by atoms with Crippen LogP contribution in [0, 0.1) is 27.7 Å². The molecule has 0 radical (unpaired) electrons. The second-order valence-corrected chi connectivity index (χ2v) is 8.84. The van der Waals surface area contributed by atoms with Crippen LogP contribution in [0.15, 0.2) is 78.9 Å². The van der Waals surface area contributed by atoms with Gasteiger partial charge in [0.1, 0.15) is 16.5 Å². The molecule has 0 spiro atoms. The van der Waals surface area contributed by atoms with Gasteiger partial charge < -0.3 is 10.2 Å². The molecule has 1 aromatic heterocycles. The van der Waals surface area contributed by atoms with Gasteiger partial charge >= 0.3 is 0 Å². The SMILES string of the molecule is Cc1nc(C)c(C)nc1C.Oc1cccc(O)c1Cl.c1cc2ccc3cccc4ccc(c1)c2c34. The maximum atomic E-state index is 8.81. The van der Waals surface area contributed by atoms with Crippen molar-refractivity contribution in [1.82, 2.24) is 9.97 Å². The molecular formula is C30H27ClN2O2. The lowest BCUT2D eigenvalue weighted by Crippen LogP contribution is -1.97. The lowest BCUT2D eigenvalue weighted by Gasteiger charge is -2.09. The molecule has 2 N–H and O–H groups in total. The number of rotatable bonds is 0. The molecule has 0 fully saturated rings. The van der Waals surface area contributed by atoms with E-state index in [1.807, 2.05) is 27.7 Å². The van der Waals surface area contributed by atoms with E-state index in [4.69, 9.17) is 21.8 Å². The molecule has 0 unspecified atom stereocenters. The van der Waals surface area contributed by atoms with Gasteiger partial charge in [0.2, 0.25) is 0 Å². The van der Waals surface area contributed by atoms with Crippen molar-refractivity contribution in [3.63, 3.8) is 0 Å². The standard InChI is InChI=1S/C16H10.C8H12N2.C6H5ClO2/c1-3-11-7-9-13-5-2-6-14-10-8-12(4-1)15(11)16(13)14;1-5-6(2)10-8(4)7(3)9-5;7-6-4(8)2-1-3-5(6)9/h1-10H;1-4H3;1-3,8-9H. The van der Waals surface area contributed by atoms with Gasteiger partial charge in [-0.15, -0.1) is 0 Å². The van der Waals surface area contributed by atoms with Gasteiger partial charge in [-0.25, -0.2) is 0 Å². The smallest absolute Gasteiger partial charge is 0.137 e. The molecular weight excluding hydrogens is 456 g/mol. The summed E-state index contributed by atoms with van der Waals surface area (Å²) in [7, 11) is 0. The number of aryl methyl sites for hydroxylation is 4. The fraction of sp³-hybridized carbons (Fsp3) is 0.133. The summed E-state index contributed by atoms with van der Waals surface area (Å²) in [6.45, 7) is 7.92. The number of aromatic hydroxyl groups is 2. The third-order valence-electron chi connectivity index (χ3n) is 6.07. The summed E-state index contributed by atoms with van der Waals surface area (Å²) in [4.78, 5) is 8.62. The van der Waals surface area contributed by atoms with Crippen molar-refractivity contribution < 1.29 is 10.2 Å². The van der Waals surface area contributed by atoms with Gasteiger partial charge in [0.05, 0.1) is 22.8 Å². The molecule has 0 aliphatic carbocycles. The Morgan fingerprint density at radius 3 is 1.06 bits per heavy atom. The van der Waals surface area contributed by atoms with Crippen LogP contribution in [-0.2, 0) is 0 Å². The third kappa shape index (κ3) is 5.13. The molecule has 4 nitrogen and oxygen atoms in total. The van der Waals surface area contributed by atoms with Gasteiger partial charge in [-0.2, -0.15) is 0 Å². The predicted molar refractivity (Wildman–Crippen MR) is 146 cm³/mol. The van der Waals surface area contributed by atoms with Gasteiger partial charge in [-0.3, -0.25) is 9.97 Å². The quantitative estimate of drug-likeness (QED) is 0.215. The Bertz CT molecular complexity index is 1430. The number of aromatic nitrogens is 2. The summed E-state index contributed by atoms with van der Waals surface area (Å²) in [5, 5.41) is 25.8. The van der Waals surface area contributed by atoms with Gasteiger partial charge in [0, 0.05) is 0 Å². The number of phenolic OH excluding ortho intramolecular Hbond substituents is 2. The summed E-state index contributed by atoms with van der Waals surface area (Å²) in [5.41, 5.74) is 4.12. The first kappa shape index (κ1) is 24.2. The molecule has 0 bridgehead atoms. The molecule has 0 aliphatic heterocycles. The first-order valence-corrected chi connectivity index (χ1v) is 11.7. The van der Waals surface area contributed by atoms with E-state index in [2.05, 4.69) is 70.6 Å². The number of halogens is 1. The molecule has 0 atom stereocenters. The average molecular weight is 483 g/mol. The molecule has 0 saturated heterocycles. The van der Waals surface area contributed by atoms with E-state index in [9.17, 15) is 0 Å². The highest BCUT2D eigenvalue weighted by Crippen LogP contribution is 2.34. The Morgan fingerprint density at radius 2 is 0.771 bits per heavy atom. The Labute approximate surface area is 209 Å². The second kappa shape index (κ2) is 10.2. The third-order valence-corrected chi connectivity index (χ3v) is 6.46. The van der Waals surface area contributed by atoms with Crippen LogP contribution in [0.1, 0.15) is 22.8 Å². The van der Waals surface area contributed by atoms with E-state index >= 15 is 0 Å². The fourth-order valence-electron chi connectivity index (χ4n) is 4.00. The van der Waals surface area contributed by atoms with Crippen molar-refractivity contribution in [2.75, 3.05) is 0 Å². The molecule has 35 heavy (non-hydrogen) atoms. The minimum atomic E-state index is -0.100. The zero-order chi connectivity index (χ0) is 25.1. The van der Waals surface area contributed by atoms with Crippen LogP contribution >= 0.6 is 11.6 Å². The van der Waals surface area contributed by atoms with Gasteiger partial charge in [0.25, 0.3) is 0 Å². The first-order chi connectivity index (χ1) is 16.8. The van der Waals surface area contributed by atoms with E-state index in [0.29, 0.717) is 0 Å². The van der Waals surface area contributed by atoms with Gasteiger partial charge in [-0.1, -0.05) is 78.3 Å². The van der Waals surface area contributed by atoms with Crippen LogP contribution in [0.2, 0.25) is 5.02 Å². The summed E-state index contributed by atoms with van der Waals surface area (Å²) < 4.78 is 0. The first-order valence-electron chi connectivity index (χ1n) is 11.3. The summed E-state index contributed by atoms with van der Waals surface area (Å²) >= 11 is 5.38. The summed E-state index contributed by atoms with van der Waals surface area (Å²) in [6, 6.07) is 26.2. The van der Waals surface area contributed by atoms with E-state index in [1.54, 1.807) is 0 Å². The zero-order valence-corrected chi connectivity index (χ0v) is 20.9. The Morgan fingerprint density at radius 1 is 0.486 bits per heavy atom. The van der Waals surface area contributed by atoms with Crippen LogP contribution in [0.5, 0.6) is 11.5 Å². The van der Waals surface area contributed by atoms with Gasteiger partial charge in [-0.05, 0) is 72.1 Å². The molecule has 0 saturated carbocycles. The second-order valence-electron chi connectivity index (χ2n) is 8.47. The Kier molecular flexibility index (Phi) is 7.04. The van der Waals surface area contributed by atoms with Crippen LogP contribution in [0.4, 0.5) is 0 Å². The lowest BCUT2D eigenvalue weighted by atomic mass is 9.95. The summed E-state index contributed by atoms with van der Waals surface area (Å²) in [5.74, 6) is -0.201. The number of hydrogen-bond donors (Lipinski definition) is 2. The van der Waals surface area contributed by atoms with E-state index in [-0.39, 0.29) is 16.5 Å². The van der Waals surface area contributed by atoms with Crippen molar-refractivity contribution >= 4 is 43.9 Å². The Balaban J connectivity index is 0.000000133. The van der Waals surface area contributed by atoms with Crippen molar-refractivity contribution in [2.24, 2.45) is 0 Å². The predicted octanol–water partition coefficient (Wildman–Crippen LogP) is 8.05. The zero-order valence-electron chi connectivity index (χ0n) is 20.2. The van der Waals surface area contributed by atoms with Crippen LogP contribution in [0.3, 0.4) is 0 Å². The maximum Gasteiger partial charge on any atom is 0.137 e. The minimum absolute atomic E-state index is 0.00231. The highest BCUT2D eigenvalue weighted by atomic mass is 35.5. The molecule has 1 heterocycles. The Hall–Kier alpha value is -3.89. The minimum Gasteiger partial charge on any atom is -0.506 e. The van der Waals surface area contributed by atoms with Gasteiger partial charge in [0.15, 0.2) is 0 Å². The normalized spacial score (nSPS) is 10.7. The number of nitrogens with zero attached hydrogens (tertiary/aromatic N) is 2. The van der Waals surface area contributed by atoms with Crippen LogP contribution < -0.4 is 0 Å². The fourth-order valence-corrected chi connectivity index (χ4v) is 4.13. The molecule has 6 rings (SSSR count). The van der Waals surface area contributed by atoms with E-state index in [1.165, 1.54) is 50.5 Å². The van der Waals surface area contributed by atoms with Crippen molar-refractivity contribution in [2.45, 2.75) is 27.7 Å². The van der Waals surface area contributed by atoms with Crippen molar-refractivity contribution in [1.29, 1.82) is 0 Å². The monoisotopic (exact) mass is 482 g/mol. The molecule has 0 aliphatic rings. The molecule has 5 heteroatoms. The number of benzene rings is 5.